The molecular weight excluding hydrogens is 224 g/mol. The fourth-order valence-corrected chi connectivity index (χ4v) is 2.76. The number of benzene rings is 1. The van der Waals surface area contributed by atoms with Gasteiger partial charge in [0.1, 0.15) is 5.75 Å². The van der Waals surface area contributed by atoms with E-state index in [1.807, 2.05) is 24.3 Å². The van der Waals surface area contributed by atoms with Gasteiger partial charge >= 0.3 is 0 Å². The van der Waals surface area contributed by atoms with E-state index in [0.717, 1.165) is 24.2 Å². The second-order valence-electron chi connectivity index (χ2n) is 5.82. The molecule has 0 saturated heterocycles. The van der Waals surface area contributed by atoms with Crippen LogP contribution in [-0.4, -0.2) is 11.9 Å². The summed E-state index contributed by atoms with van der Waals surface area (Å²) in [5.41, 5.74) is 0.845. The van der Waals surface area contributed by atoms with E-state index >= 15 is 0 Å². The van der Waals surface area contributed by atoms with Crippen LogP contribution in [0.4, 0.5) is 0 Å². The Labute approximate surface area is 108 Å². The minimum Gasteiger partial charge on any atom is -0.490 e. The fourth-order valence-electron chi connectivity index (χ4n) is 2.76. The molecule has 0 radical (unpaired) electrons. The minimum absolute atomic E-state index is 0.246. The summed E-state index contributed by atoms with van der Waals surface area (Å²) in [7, 11) is 0. The van der Waals surface area contributed by atoms with Crippen LogP contribution in [0.1, 0.15) is 49.4 Å². The quantitative estimate of drug-likeness (QED) is 0.752. The number of ether oxygens (including phenoxy) is 1. The number of Topliss-reactive ketones (excluding diaryl/α,β-unsaturated/α-hetero) is 1. The lowest BCUT2D eigenvalue weighted by atomic mass is 9.95. The van der Waals surface area contributed by atoms with Crippen molar-refractivity contribution in [1.29, 1.82) is 0 Å². The van der Waals surface area contributed by atoms with Gasteiger partial charge in [-0.2, -0.15) is 0 Å². The molecule has 0 spiro atoms. The van der Waals surface area contributed by atoms with Gasteiger partial charge in [-0.25, -0.2) is 0 Å². The van der Waals surface area contributed by atoms with E-state index in [2.05, 4.69) is 6.92 Å². The van der Waals surface area contributed by atoms with Crippen molar-refractivity contribution in [2.45, 2.75) is 45.1 Å². The summed E-state index contributed by atoms with van der Waals surface area (Å²) >= 11 is 0. The third-order valence-corrected chi connectivity index (χ3v) is 4.03. The zero-order valence-corrected chi connectivity index (χ0v) is 10.9. The smallest absolute Gasteiger partial charge is 0.165 e. The second kappa shape index (κ2) is 4.75. The highest BCUT2D eigenvalue weighted by atomic mass is 16.5. The first-order chi connectivity index (χ1) is 8.72. The monoisotopic (exact) mass is 244 g/mol. The molecule has 3 rings (SSSR count). The lowest BCUT2D eigenvalue weighted by Crippen LogP contribution is -2.11. The van der Waals surface area contributed by atoms with Gasteiger partial charge in [-0.05, 0) is 62.3 Å². The predicted molar refractivity (Wildman–Crippen MR) is 70.9 cm³/mol. The highest BCUT2D eigenvalue weighted by Crippen LogP contribution is 2.33. The van der Waals surface area contributed by atoms with Crippen LogP contribution in [0.25, 0.3) is 0 Å². The van der Waals surface area contributed by atoms with Crippen LogP contribution in [0.2, 0.25) is 0 Å². The van der Waals surface area contributed by atoms with E-state index in [1.165, 1.54) is 19.3 Å². The van der Waals surface area contributed by atoms with Gasteiger partial charge in [-0.15, -0.1) is 0 Å². The summed E-state index contributed by atoms with van der Waals surface area (Å²) in [6, 6.07) is 7.71. The number of carbonyl (C=O) groups excluding carboxylic acids is 1. The SMILES string of the molecule is CC1CCC(C(=O)c2ccc(OC3CC3)cc2)C1. The molecule has 2 fully saturated rings. The van der Waals surface area contributed by atoms with Crippen LogP contribution in [0.5, 0.6) is 5.75 Å². The van der Waals surface area contributed by atoms with Gasteiger partial charge in [0.15, 0.2) is 5.78 Å². The largest absolute Gasteiger partial charge is 0.490 e. The summed E-state index contributed by atoms with van der Waals surface area (Å²) in [5.74, 6) is 2.16. The van der Waals surface area contributed by atoms with Gasteiger partial charge in [-0.3, -0.25) is 4.79 Å². The van der Waals surface area contributed by atoms with Crippen LogP contribution in [-0.2, 0) is 0 Å². The van der Waals surface area contributed by atoms with Crippen molar-refractivity contribution < 1.29 is 9.53 Å². The third-order valence-electron chi connectivity index (χ3n) is 4.03. The molecule has 2 unspecified atom stereocenters. The molecule has 0 bridgehead atoms. The lowest BCUT2D eigenvalue weighted by Gasteiger charge is -2.09. The summed E-state index contributed by atoms with van der Waals surface area (Å²) < 4.78 is 5.69. The number of rotatable bonds is 4. The molecule has 0 heterocycles. The Bertz CT molecular complexity index is 431. The average Bonchev–Trinajstić information content (AvgIpc) is 3.09. The Kier molecular flexibility index (Phi) is 3.11. The van der Waals surface area contributed by atoms with Crippen LogP contribution < -0.4 is 4.74 Å². The molecule has 0 amide bonds. The molecular formula is C16H20O2. The van der Waals surface area contributed by atoms with Gasteiger partial charge < -0.3 is 4.74 Å². The van der Waals surface area contributed by atoms with Crippen molar-refractivity contribution in [2.75, 3.05) is 0 Å². The van der Waals surface area contributed by atoms with Crippen LogP contribution >= 0.6 is 0 Å². The summed E-state index contributed by atoms with van der Waals surface area (Å²) in [6.07, 6.45) is 6.06. The normalized spacial score (nSPS) is 27.2. The summed E-state index contributed by atoms with van der Waals surface area (Å²) in [4.78, 5) is 12.3. The predicted octanol–water partition coefficient (Wildman–Crippen LogP) is 3.85. The van der Waals surface area contributed by atoms with Crippen molar-refractivity contribution in [3.63, 3.8) is 0 Å². The van der Waals surface area contributed by atoms with Gasteiger partial charge in [0.2, 0.25) is 0 Å². The number of hydrogen-bond acceptors (Lipinski definition) is 2. The first kappa shape index (κ1) is 11.8. The second-order valence-corrected chi connectivity index (χ2v) is 5.82. The summed E-state index contributed by atoms with van der Waals surface area (Å²) in [5, 5.41) is 0. The molecule has 0 aromatic heterocycles. The zero-order chi connectivity index (χ0) is 12.5. The van der Waals surface area contributed by atoms with Crippen molar-refractivity contribution in [1.82, 2.24) is 0 Å². The Balaban J connectivity index is 1.65. The van der Waals surface area contributed by atoms with E-state index in [1.54, 1.807) is 0 Å². The molecule has 2 heteroatoms. The van der Waals surface area contributed by atoms with E-state index in [0.29, 0.717) is 17.8 Å². The third kappa shape index (κ3) is 2.58. The molecule has 0 aliphatic heterocycles. The molecule has 1 aromatic carbocycles. The standard InChI is InChI=1S/C16H20O2/c1-11-2-3-13(10-11)16(17)12-4-6-14(7-5-12)18-15-8-9-15/h4-7,11,13,15H,2-3,8-10H2,1H3. The summed E-state index contributed by atoms with van der Waals surface area (Å²) in [6.45, 7) is 2.24. The molecule has 0 N–H and O–H groups in total. The molecule has 2 atom stereocenters. The minimum atomic E-state index is 0.246. The van der Waals surface area contributed by atoms with Crippen LogP contribution in [0, 0.1) is 11.8 Å². The number of hydrogen-bond donors (Lipinski definition) is 0. The van der Waals surface area contributed by atoms with E-state index < -0.39 is 0 Å². The maximum Gasteiger partial charge on any atom is 0.165 e. The van der Waals surface area contributed by atoms with E-state index in [-0.39, 0.29) is 5.92 Å². The topological polar surface area (TPSA) is 26.3 Å². The van der Waals surface area contributed by atoms with Gasteiger partial charge in [-0.1, -0.05) is 6.92 Å². The van der Waals surface area contributed by atoms with Crippen molar-refractivity contribution >= 4 is 5.78 Å². The molecule has 1 aromatic rings. The Hall–Kier alpha value is -1.31. The van der Waals surface area contributed by atoms with Crippen LogP contribution in [0.3, 0.4) is 0 Å². The molecule has 2 aliphatic rings. The molecule has 2 nitrogen and oxygen atoms in total. The highest BCUT2D eigenvalue weighted by Gasteiger charge is 2.28. The number of carbonyl (C=O) groups is 1. The zero-order valence-electron chi connectivity index (χ0n) is 10.9. The molecule has 18 heavy (non-hydrogen) atoms. The van der Waals surface area contributed by atoms with Gasteiger partial charge in [0.25, 0.3) is 0 Å². The molecule has 96 valence electrons. The van der Waals surface area contributed by atoms with Crippen molar-refractivity contribution in [3.8, 4) is 5.75 Å². The maximum atomic E-state index is 12.3. The first-order valence-electron chi connectivity index (χ1n) is 7.03. The van der Waals surface area contributed by atoms with Gasteiger partial charge in [0, 0.05) is 11.5 Å². The Morgan fingerprint density at radius 3 is 2.39 bits per heavy atom. The molecule has 2 aliphatic carbocycles. The van der Waals surface area contributed by atoms with Crippen molar-refractivity contribution in [3.05, 3.63) is 29.8 Å². The molecule has 2 saturated carbocycles. The Morgan fingerprint density at radius 2 is 1.83 bits per heavy atom. The number of ketones is 1. The Morgan fingerprint density at radius 1 is 1.11 bits per heavy atom. The fraction of sp³-hybridized carbons (Fsp3) is 0.562. The van der Waals surface area contributed by atoms with Gasteiger partial charge in [0.05, 0.1) is 6.10 Å². The average molecular weight is 244 g/mol. The van der Waals surface area contributed by atoms with Crippen molar-refractivity contribution in [2.24, 2.45) is 11.8 Å². The first-order valence-corrected chi connectivity index (χ1v) is 7.03. The van der Waals surface area contributed by atoms with E-state index in [4.69, 9.17) is 4.74 Å². The highest BCUT2D eigenvalue weighted by molar-refractivity contribution is 5.98. The maximum absolute atomic E-state index is 12.3. The van der Waals surface area contributed by atoms with E-state index in [9.17, 15) is 4.79 Å². The lowest BCUT2D eigenvalue weighted by molar-refractivity contribution is 0.0920. The van der Waals surface area contributed by atoms with Crippen LogP contribution in [0.15, 0.2) is 24.3 Å².